The standard InChI is InChI=1S/C17H19NO3S2/c1-3-22-15-9-5-4-8-14(15)17(20)21-12(2)16(19)18-11-13-7-6-10-23-13/h4-10,12H,3,11H2,1-2H3,(H,18,19)/t12-/m0/s1. The summed E-state index contributed by atoms with van der Waals surface area (Å²) in [6.07, 6.45) is -0.831. The van der Waals surface area contributed by atoms with E-state index < -0.39 is 12.1 Å². The van der Waals surface area contributed by atoms with Gasteiger partial charge in [0.05, 0.1) is 12.1 Å². The molecule has 0 unspecified atom stereocenters. The van der Waals surface area contributed by atoms with E-state index in [1.165, 1.54) is 0 Å². The Morgan fingerprint density at radius 2 is 2.04 bits per heavy atom. The van der Waals surface area contributed by atoms with Crippen LogP contribution in [-0.2, 0) is 16.1 Å². The highest BCUT2D eigenvalue weighted by molar-refractivity contribution is 7.99. The molecule has 0 radical (unpaired) electrons. The summed E-state index contributed by atoms with van der Waals surface area (Å²) >= 11 is 3.14. The van der Waals surface area contributed by atoms with E-state index in [9.17, 15) is 9.59 Å². The smallest absolute Gasteiger partial charge is 0.340 e. The summed E-state index contributed by atoms with van der Waals surface area (Å²) in [5, 5.41) is 4.72. The monoisotopic (exact) mass is 349 g/mol. The first kappa shape index (κ1) is 17.6. The second kappa shape index (κ2) is 8.74. The molecule has 0 aliphatic heterocycles. The van der Waals surface area contributed by atoms with Gasteiger partial charge in [-0.3, -0.25) is 4.79 Å². The van der Waals surface area contributed by atoms with Gasteiger partial charge in [-0.2, -0.15) is 0 Å². The van der Waals surface area contributed by atoms with Crippen molar-refractivity contribution in [1.82, 2.24) is 5.32 Å². The molecular formula is C17H19NO3S2. The van der Waals surface area contributed by atoms with Gasteiger partial charge in [0.25, 0.3) is 5.91 Å². The molecule has 6 heteroatoms. The Bertz CT molecular complexity index is 656. The maximum absolute atomic E-state index is 12.3. The Hall–Kier alpha value is -1.79. The van der Waals surface area contributed by atoms with Crippen LogP contribution < -0.4 is 5.32 Å². The first-order chi connectivity index (χ1) is 11.1. The van der Waals surface area contributed by atoms with Crippen molar-refractivity contribution in [3.05, 3.63) is 52.2 Å². The third-order valence-corrected chi connectivity index (χ3v) is 4.91. The Morgan fingerprint density at radius 1 is 1.26 bits per heavy atom. The average molecular weight is 349 g/mol. The lowest BCUT2D eigenvalue weighted by Crippen LogP contribution is -2.35. The van der Waals surface area contributed by atoms with E-state index in [4.69, 9.17) is 4.74 Å². The summed E-state index contributed by atoms with van der Waals surface area (Å²) in [6.45, 7) is 4.05. The summed E-state index contributed by atoms with van der Waals surface area (Å²) in [6, 6.07) is 11.1. The van der Waals surface area contributed by atoms with E-state index in [2.05, 4.69) is 5.32 Å². The fraction of sp³-hybridized carbons (Fsp3) is 0.294. The molecule has 0 aliphatic carbocycles. The lowest BCUT2D eigenvalue weighted by molar-refractivity contribution is -0.129. The number of ether oxygens (including phenoxy) is 1. The minimum absolute atomic E-state index is 0.299. The molecule has 0 saturated heterocycles. The quantitative estimate of drug-likeness (QED) is 0.611. The molecule has 1 aromatic heterocycles. The number of thiophene rings is 1. The molecule has 0 spiro atoms. The number of esters is 1. The fourth-order valence-corrected chi connectivity index (χ4v) is 3.36. The summed E-state index contributed by atoms with van der Waals surface area (Å²) in [4.78, 5) is 26.2. The van der Waals surface area contributed by atoms with Crippen molar-refractivity contribution < 1.29 is 14.3 Å². The molecule has 0 fully saturated rings. The van der Waals surface area contributed by atoms with Crippen LogP contribution in [0.3, 0.4) is 0 Å². The normalized spacial score (nSPS) is 11.7. The van der Waals surface area contributed by atoms with Crippen molar-refractivity contribution in [3.63, 3.8) is 0 Å². The molecular weight excluding hydrogens is 330 g/mol. The first-order valence-corrected chi connectivity index (χ1v) is 9.21. The van der Waals surface area contributed by atoms with Gasteiger partial charge >= 0.3 is 5.97 Å². The summed E-state index contributed by atoms with van der Waals surface area (Å²) in [5.74, 6) is 0.0916. The van der Waals surface area contributed by atoms with Crippen molar-refractivity contribution in [2.75, 3.05) is 5.75 Å². The van der Waals surface area contributed by atoms with Crippen molar-refractivity contribution in [3.8, 4) is 0 Å². The summed E-state index contributed by atoms with van der Waals surface area (Å²) in [5.41, 5.74) is 0.497. The van der Waals surface area contributed by atoms with Crippen LogP contribution in [0.4, 0.5) is 0 Å². The molecule has 122 valence electrons. The topological polar surface area (TPSA) is 55.4 Å². The molecule has 1 N–H and O–H groups in total. The van der Waals surface area contributed by atoms with Gasteiger partial charge in [0, 0.05) is 9.77 Å². The van der Waals surface area contributed by atoms with Crippen molar-refractivity contribution in [2.24, 2.45) is 0 Å². The summed E-state index contributed by atoms with van der Waals surface area (Å²) < 4.78 is 5.29. The predicted octanol–water partition coefficient (Wildman–Crippen LogP) is 3.72. The van der Waals surface area contributed by atoms with Crippen LogP contribution >= 0.6 is 23.1 Å². The maximum Gasteiger partial charge on any atom is 0.340 e. The number of amides is 1. The number of carbonyl (C=O) groups excluding carboxylic acids is 2. The highest BCUT2D eigenvalue weighted by Crippen LogP contribution is 2.23. The van der Waals surface area contributed by atoms with Crippen LogP contribution in [0.15, 0.2) is 46.7 Å². The number of benzene rings is 1. The molecule has 4 nitrogen and oxygen atoms in total. The van der Waals surface area contributed by atoms with Crippen molar-refractivity contribution in [1.29, 1.82) is 0 Å². The van der Waals surface area contributed by atoms with Gasteiger partial charge in [-0.25, -0.2) is 4.79 Å². The molecule has 0 aliphatic rings. The SMILES string of the molecule is CCSc1ccccc1C(=O)O[C@@H](C)C(=O)NCc1cccs1. The van der Waals surface area contributed by atoms with Crippen LogP contribution in [0.25, 0.3) is 0 Å². The zero-order valence-electron chi connectivity index (χ0n) is 13.1. The zero-order valence-corrected chi connectivity index (χ0v) is 14.7. The number of hydrogen-bond donors (Lipinski definition) is 1. The van der Waals surface area contributed by atoms with Gasteiger partial charge in [-0.15, -0.1) is 23.1 Å². The first-order valence-electron chi connectivity index (χ1n) is 7.34. The lowest BCUT2D eigenvalue weighted by atomic mass is 10.2. The van der Waals surface area contributed by atoms with Gasteiger partial charge in [0.15, 0.2) is 6.10 Å². The van der Waals surface area contributed by atoms with E-state index in [0.717, 1.165) is 15.5 Å². The van der Waals surface area contributed by atoms with E-state index >= 15 is 0 Å². The molecule has 1 atom stereocenters. The minimum atomic E-state index is -0.831. The van der Waals surface area contributed by atoms with Crippen LogP contribution in [0.1, 0.15) is 29.1 Å². The van der Waals surface area contributed by atoms with Gasteiger partial charge < -0.3 is 10.1 Å². The third kappa shape index (κ3) is 5.11. The molecule has 1 heterocycles. The van der Waals surface area contributed by atoms with E-state index in [1.807, 2.05) is 36.6 Å². The lowest BCUT2D eigenvalue weighted by Gasteiger charge is -2.14. The molecule has 23 heavy (non-hydrogen) atoms. The van der Waals surface area contributed by atoms with Gasteiger partial charge in [0.2, 0.25) is 0 Å². The van der Waals surface area contributed by atoms with E-state index in [1.54, 1.807) is 42.2 Å². The maximum atomic E-state index is 12.3. The van der Waals surface area contributed by atoms with Crippen LogP contribution in [0.2, 0.25) is 0 Å². The molecule has 0 bridgehead atoms. The number of hydrogen-bond acceptors (Lipinski definition) is 5. The second-order valence-corrected chi connectivity index (χ2v) is 7.11. The highest BCUT2D eigenvalue weighted by atomic mass is 32.2. The molecule has 1 amide bonds. The van der Waals surface area contributed by atoms with Gasteiger partial charge in [0.1, 0.15) is 0 Å². The Morgan fingerprint density at radius 3 is 2.74 bits per heavy atom. The second-order valence-electron chi connectivity index (χ2n) is 4.77. The van der Waals surface area contributed by atoms with E-state index in [-0.39, 0.29) is 5.91 Å². The van der Waals surface area contributed by atoms with Crippen LogP contribution in [0, 0.1) is 0 Å². The third-order valence-electron chi connectivity index (χ3n) is 3.08. The number of rotatable bonds is 7. The Balaban J connectivity index is 1.92. The van der Waals surface area contributed by atoms with Crippen molar-refractivity contribution in [2.45, 2.75) is 31.4 Å². The average Bonchev–Trinajstić information content (AvgIpc) is 3.06. The number of nitrogens with one attached hydrogen (secondary N) is 1. The molecule has 0 saturated carbocycles. The van der Waals surface area contributed by atoms with Crippen LogP contribution in [-0.4, -0.2) is 23.7 Å². The molecule has 2 aromatic rings. The molecule has 2 rings (SSSR count). The minimum Gasteiger partial charge on any atom is -0.449 e. The highest BCUT2D eigenvalue weighted by Gasteiger charge is 2.20. The van der Waals surface area contributed by atoms with E-state index in [0.29, 0.717) is 12.1 Å². The number of thioether (sulfide) groups is 1. The predicted molar refractivity (Wildman–Crippen MR) is 93.9 cm³/mol. The Labute approximate surface area is 144 Å². The summed E-state index contributed by atoms with van der Waals surface area (Å²) in [7, 11) is 0. The number of carbonyl (C=O) groups is 2. The van der Waals surface area contributed by atoms with Gasteiger partial charge in [-0.05, 0) is 36.3 Å². The molecule has 1 aromatic carbocycles. The van der Waals surface area contributed by atoms with Crippen molar-refractivity contribution >= 4 is 35.0 Å². The largest absolute Gasteiger partial charge is 0.449 e. The zero-order chi connectivity index (χ0) is 16.7. The fourth-order valence-electron chi connectivity index (χ4n) is 1.93. The Kier molecular flexibility index (Phi) is 6.67. The van der Waals surface area contributed by atoms with Crippen LogP contribution in [0.5, 0.6) is 0 Å². The van der Waals surface area contributed by atoms with Gasteiger partial charge in [-0.1, -0.05) is 25.1 Å².